The lowest BCUT2D eigenvalue weighted by Crippen LogP contribution is -2.37. The van der Waals surface area contributed by atoms with Crippen LogP contribution in [0.2, 0.25) is 0 Å². The number of nitrogens with one attached hydrogen (secondary N) is 3. The zero-order valence-electron chi connectivity index (χ0n) is 14.1. The highest BCUT2D eigenvalue weighted by molar-refractivity contribution is 5.94. The fourth-order valence-corrected chi connectivity index (χ4v) is 1.88. The Labute approximate surface area is 133 Å². The van der Waals surface area contributed by atoms with Crippen LogP contribution in [0.1, 0.15) is 49.5 Å². The van der Waals surface area contributed by atoms with Gasteiger partial charge in [-0.2, -0.15) is 0 Å². The van der Waals surface area contributed by atoms with Crippen LogP contribution in [0, 0.1) is 0 Å². The van der Waals surface area contributed by atoms with Gasteiger partial charge in [-0.3, -0.25) is 9.79 Å². The van der Waals surface area contributed by atoms with Crippen molar-refractivity contribution in [1.82, 2.24) is 16.0 Å². The Hall–Kier alpha value is -2.04. The summed E-state index contributed by atoms with van der Waals surface area (Å²) in [5.74, 6) is 0.751. The van der Waals surface area contributed by atoms with Crippen LogP contribution in [0.4, 0.5) is 0 Å². The van der Waals surface area contributed by atoms with Crippen LogP contribution in [0.5, 0.6) is 0 Å². The molecular weight excluding hydrogens is 276 g/mol. The van der Waals surface area contributed by atoms with Crippen molar-refractivity contribution in [1.29, 1.82) is 0 Å². The summed E-state index contributed by atoms with van der Waals surface area (Å²) in [6.45, 7) is 7.69. The van der Waals surface area contributed by atoms with Crippen LogP contribution in [0.15, 0.2) is 29.3 Å². The number of carbonyl (C=O) groups is 1. The molecule has 1 amide bonds. The molecule has 0 radical (unpaired) electrons. The first kappa shape index (κ1) is 18.0. The molecule has 1 rings (SSSR count). The summed E-state index contributed by atoms with van der Waals surface area (Å²) in [7, 11) is 1.75. The summed E-state index contributed by atoms with van der Waals surface area (Å²) < 4.78 is 0. The van der Waals surface area contributed by atoms with E-state index in [0.717, 1.165) is 30.9 Å². The van der Waals surface area contributed by atoms with Crippen molar-refractivity contribution in [3.8, 4) is 0 Å². The Kier molecular flexibility index (Phi) is 8.04. The molecule has 122 valence electrons. The second-order valence-corrected chi connectivity index (χ2v) is 5.34. The van der Waals surface area contributed by atoms with E-state index in [1.165, 1.54) is 0 Å². The molecule has 0 bridgehead atoms. The van der Waals surface area contributed by atoms with Gasteiger partial charge in [0, 0.05) is 31.7 Å². The molecule has 0 aliphatic carbocycles. The Morgan fingerprint density at radius 2 is 2.05 bits per heavy atom. The largest absolute Gasteiger partial charge is 0.356 e. The highest BCUT2D eigenvalue weighted by Gasteiger charge is 2.09. The van der Waals surface area contributed by atoms with Crippen molar-refractivity contribution in [2.75, 3.05) is 13.6 Å². The highest BCUT2D eigenvalue weighted by atomic mass is 16.1. The number of amides is 1. The standard InChI is InChI=1S/C17H28N4O/c1-5-10-19-17(18-4)20-12-14-8-7-9-15(11-14)16(22)21-13(3)6-2/h7-9,11,13H,5-6,10,12H2,1-4H3,(H,21,22)(H2,18,19,20). The van der Waals surface area contributed by atoms with E-state index < -0.39 is 0 Å². The van der Waals surface area contributed by atoms with Crippen molar-refractivity contribution in [2.45, 2.75) is 46.2 Å². The summed E-state index contributed by atoms with van der Waals surface area (Å²) in [5, 5.41) is 9.45. The van der Waals surface area contributed by atoms with E-state index in [4.69, 9.17) is 0 Å². The van der Waals surface area contributed by atoms with Crippen molar-refractivity contribution >= 4 is 11.9 Å². The van der Waals surface area contributed by atoms with E-state index in [9.17, 15) is 4.79 Å². The van der Waals surface area contributed by atoms with E-state index in [1.54, 1.807) is 7.05 Å². The fraction of sp³-hybridized carbons (Fsp3) is 0.529. The molecule has 0 aliphatic rings. The number of hydrogen-bond acceptors (Lipinski definition) is 2. The van der Waals surface area contributed by atoms with E-state index in [1.807, 2.05) is 31.2 Å². The van der Waals surface area contributed by atoms with Crippen molar-refractivity contribution in [3.63, 3.8) is 0 Å². The lowest BCUT2D eigenvalue weighted by molar-refractivity contribution is 0.0939. The lowest BCUT2D eigenvalue weighted by Gasteiger charge is -2.13. The molecule has 5 nitrogen and oxygen atoms in total. The molecule has 0 aliphatic heterocycles. The van der Waals surface area contributed by atoms with Crippen molar-refractivity contribution < 1.29 is 4.79 Å². The van der Waals surface area contributed by atoms with E-state index in [-0.39, 0.29) is 11.9 Å². The van der Waals surface area contributed by atoms with Gasteiger partial charge in [0.1, 0.15) is 0 Å². The maximum atomic E-state index is 12.1. The summed E-state index contributed by atoms with van der Waals surface area (Å²) in [6.07, 6.45) is 1.97. The number of hydrogen-bond donors (Lipinski definition) is 3. The molecule has 0 saturated heterocycles. The van der Waals surface area contributed by atoms with E-state index >= 15 is 0 Å². The molecule has 0 aromatic heterocycles. The van der Waals surface area contributed by atoms with Gasteiger partial charge in [-0.05, 0) is 37.5 Å². The Morgan fingerprint density at radius 3 is 2.68 bits per heavy atom. The molecule has 3 N–H and O–H groups in total. The fourth-order valence-electron chi connectivity index (χ4n) is 1.88. The summed E-state index contributed by atoms with van der Waals surface area (Å²) in [6, 6.07) is 7.85. The van der Waals surface area contributed by atoms with Crippen LogP contribution < -0.4 is 16.0 Å². The normalized spacial score (nSPS) is 12.6. The summed E-state index contributed by atoms with van der Waals surface area (Å²) >= 11 is 0. The highest BCUT2D eigenvalue weighted by Crippen LogP contribution is 2.06. The average molecular weight is 304 g/mol. The molecule has 0 saturated carbocycles. The van der Waals surface area contributed by atoms with Crippen LogP contribution in [0.25, 0.3) is 0 Å². The third-order valence-electron chi connectivity index (χ3n) is 3.41. The molecular formula is C17H28N4O. The molecule has 5 heteroatoms. The number of nitrogens with zero attached hydrogens (tertiary/aromatic N) is 1. The molecule has 0 spiro atoms. The quantitative estimate of drug-likeness (QED) is 0.535. The minimum absolute atomic E-state index is 0.0234. The van der Waals surface area contributed by atoms with Crippen LogP contribution >= 0.6 is 0 Å². The van der Waals surface area contributed by atoms with Gasteiger partial charge in [0.25, 0.3) is 5.91 Å². The Balaban J connectivity index is 2.62. The number of benzene rings is 1. The van der Waals surface area contributed by atoms with Crippen LogP contribution in [-0.4, -0.2) is 31.5 Å². The smallest absolute Gasteiger partial charge is 0.251 e. The van der Waals surface area contributed by atoms with E-state index in [0.29, 0.717) is 12.1 Å². The summed E-state index contributed by atoms with van der Waals surface area (Å²) in [5.41, 5.74) is 1.74. The van der Waals surface area contributed by atoms with Crippen molar-refractivity contribution in [2.24, 2.45) is 4.99 Å². The maximum Gasteiger partial charge on any atom is 0.251 e. The zero-order valence-corrected chi connectivity index (χ0v) is 14.1. The third-order valence-corrected chi connectivity index (χ3v) is 3.41. The molecule has 0 heterocycles. The third kappa shape index (κ3) is 6.16. The van der Waals surface area contributed by atoms with Gasteiger partial charge in [-0.1, -0.05) is 26.0 Å². The van der Waals surface area contributed by atoms with Gasteiger partial charge in [0.05, 0.1) is 0 Å². The van der Waals surface area contributed by atoms with Crippen molar-refractivity contribution in [3.05, 3.63) is 35.4 Å². The van der Waals surface area contributed by atoms with Gasteiger partial charge in [-0.25, -0.2) is 0 Å². The SMILES string of the molecule is CCCNC(=NC)NCc1cccc(C(=O)NC(C)CC)c1. The van der Waals surface area contributed by atoms with Gasteiger partial charge in [0.2, 0.25) is 0 Å². The van der Waals surface area contributed by atoms with Gasteiger partial charge in [0.15, 0.2) is 5.96 Å². The zero-order chi connectivity index (χ0) is 16.4. The molecule has 1 aromatic rings. The summed E-state index contributed by atoms with van der Waals surface area (Å²) in [4.78, 5) is 16.3. The Bertz CT molecular complexity index is 499. The number of carbonyl (C=O) groups excluding carboxylic acids is 1. The minimum atomic E-state index is -0.0234. The molecule has 22 heavy (non-hydrogen) atoms. The minimum Gasteiger partial charge on any atom is -0.356 e. The Morgan fingerprint density at radius 1 is 1.27 bits per heavy atom. The van der Waals surface area contributed by atoms with Gasteiger partial charge in [-0.15, -0.1) is 0 Å². The van der Waals surface area contributed by atoms with Crippen LogP contribution in [-0.2, 0) is 6.54 Å². The first-order chi connectivity index (χ1) is 10.6. The maximum absolute atomic E-state index is 12.1. The molecule has 1 atom stereocenters. The first-order valence-corrected chi connectivity index (χ1v) is 7.95. The number of aliphatic imine (C=N–C) groups is 1. The second-order valence-electron chi connectivity index (χ2n) is 5.34. The molecule has 0 fully saturated rings. The monoisotopic (exact) mass is 304 g/mol. The topological polar surface area (TPSA) is 65.5 Å². The first-order valence-electron chi connectivity index (χ1n) is 7.95. The van der Waals surface area contributed by atoms with E-state index in [2.05, 4.69) is 34.8 Å². The average Bonchev–Trinajstić information content (AvgIpc) is 2.55. The predicted molar refractivity (Wildman–Crippen MR) is 92.2 cm³/mol. The number of rotatable bonds is 7. The van der Waals surface area contributed by atoms with Crippen LogP contribution in [0.3, 0.4) is 0 Å². The molecule has 1 unspecified atom stereocenters. The van der Waals surface area contributed by atoms with Gasteiger partial charge < -0.3 is 16.0 Å². The second kappa shape index (κ2) is 9.82. The molecule has 1 aromatic carbocycles. The van der Waals surface area contributed by atoms with Gasteiger partial charge >= 0.3 is 0 Å². The number of guanidine groups is 1. The lowest BCUT2D eigenvalue weighted by atomic mass is 10.1. The predicted octanol–water partition coefficient (Wildman–Crippen LogP) is 2.29.